The Bertz CT molecular complexity index is 718. The molecule has 0 spiro atoms. The Kier molecular flexibility index (Phi) is 5.02. The molecule has 0 unspecified atom stereocenters. The number of allylic oxidation sites excluding steroid dienone is 2. The van der Waals surface area contributed by atoms with Crippen LogP contribution in [-0.4, -0.2) is 42.2 Å². The Hall–Kier alpha value is -2.11. The molecule has 0 atom stereocenters. The first-order chi connectivity index (χ1) is 11.6. The minimum Gasteiger partial charge on any atom is -0.475 e. The van der Waals surface area contributed by atoms with Crippen molar-refractivity contribution in [1.82, 2.24) is 20.7 Å². The normalized spacial score (nSPS) is 17.1. The fourth-order valence-corrected chi connectivity index (χ4v) is 3.24. The third-order valence-corrected chi connectivity index (χ3v) is 4.57. The Morgan fingerprint density at radius 3 is 3.00 bits per heavy atom. The van der Waals surface area contributed by atoms with Gasteiger partial charge in [-0.15, -0.1) is 8.86 Å². The molecule has 3 N–H and O–H groups in total. The van der Waals surface area contributed by atoms with Crippen molar-refractivity contribution >= 4 is 20.1 Å². The molecule has 0 saturated carbocycles. The maximum absolute atomic E-state index is 12.2. The molecule has 1 aromatic heterocycles. The molecule has 8 heteroatoms. The third-order valence-electron chi connectivity index (χ3n) is 3.98. The van der Waals surface area contributed by atoms with Gasteiger partial charge in [0, 0.05) is 54.1 Å². The van der Waals surface area contributed by atoms with Crippen LogP contribution in [0.25, 0.3) is 0 Å². The first kappa shape index (κ1) is 16.7. The van der Waals surface area contributed by atoms with Gasteiger partial charge in [-0.2, -0.15) is 0 Å². The Morgan fingerprint density at radius 1 is 1.46 bits per heavy atom. The summed E-state index contributed by atoms with van der Waals surface area (Å²) in [5, 5.41) is 3.13. The zero-order valence-electron chi connectivity index (χ0n) is 13.7. The highest BCUT2D eigenvalue weighted by Gasteiger charge is 2.27. The highest BCUT2D eigenvalue weighted by atomic mass is 31.0. The Labute approximate surface area is 143 Å². The van der Waals surface area contributed by atoms with E-state index in [9.17, 15) is 4.39 Å². The molecule has 128 valence electrons. The number of pyridine rings is 1. The van der Waals surface area contributed by atoms with Crippen molar-refractivity contribution in [2.45, 2.75) is 13.5 Å². The van der Waals surface area contributed by atoms with Crippen molar-refractivity contribution < 1.29 is 9.13 Å². The van der Waals surface area contributed by atoms with Crippen LogP contribution in [0.2, 0.25) is 0 Å². The van der Waals surface area contributed by atoms with E-state index < -0.39 is 6.67 Å². The second-order valence-corrected chi connectivity index (χ2v) is 6.08. The van der Waals surface area contributed by atoms with Crippen LogP contribution in [0.15, 0.2) is 35.5 Å². The van der Waals surface area contributed by atoms with Gasteiger partial charge < -0.3 is 15.5 Å². The summed E-state index contributed by atoms with van der Waals surface area (Å²) in [7, 11) is 5.62. The average Bonchev–Trinajstić information content (AvgIpc) is 2.90. The van der Waals surface area contributed by atoms with Crippen LogP contribution in [0.1, 0.15) is 18.1 Å². The summed E-state index contributed by atoms with van der Waals surface area (Å²) in [5.41, 5.74) is 11.4. The first-order valence-electron chi connectivity index (χ1n) is 7.75. The monoisotopic (exact) mass is 349 g/mol. The molecule has 6 nitrogen and oxygen atoms in total. The van der Waals surface area contributed by atoms with E-state index in [4.69, 9.17) is 4.74 Å². The molecular formula is C16H21FN5OP. The van der Waals surface area contributed by atoms with Gasteiger partial charge in [0.15, 0.2) is 0 Å². The van der Waals surface area contributed by atoms with E-state index in [1.807, 2.05) is 26.1 Å². The number of halogens is 1. The number of rotatable bonds is 6. The molecule has 2 aliphatic heterocycles. The summed E-state index contributed by atoms with van der Waals surface area (Å²) in [4.78, 5) is 6.58. The second kappa shape index (κ2) is 7.20. The van der Waals surface area contributed by atoms with Crippen LogP contribution in [0.3, 0.4) is 0 Å². The number of hydrazine groups is 1. The number of fused-ring (bicyclic) bond motifs is 1. The van der Waals surface area contributed by atoms with Crippen molar-refractivity contribution in [1.29, 1.82) is 0 Å². The minimum absolute atomic E-state index is 0.0464. The predicted octanol–water partition coefficient (Wildman–Crippen LogP) is 1.77. The van der Waals surface area contributed by atoms with Crippen LogP contribution < -0.4 is 16.2 Å². The van der Waals surface area contributed by atoms with Crippen LogP contribution in [-0.2, 0) is 11.3 Å². The van der Waals surface area contributed by atoms with Gasteiger partial charge in [-0.1, -0.05) is 0 Å². The Morgan fingerprint density at radius 2 is 2.29 bits per heavy atom. The lowest BCUT2D eigenvalue weighted by Crippen LogP contribution is -2.40. The fourth-order valence-electron chi connectivity index (χ4n) is 2.84. The molecule has 24 heavy (non-hydrogen) atoms. The number of aromatic nitrogens is 1. The lowest BCUT2D eigenvalue weighted by atomic mass is 10.2. The van der Waals surface area contributed by atoms with Crippen LogP contribution in [0, 0.1) is 0 Å². The van der Waals surface area contributed by atoms with Gasteiger partial charge in [0.1, 0.15) is 19.1 Å². The third kappa shape index (κ3) is 3.23. The van der Waals surface area contributed by atoms with Crippen LogP contribution in [0.4, 0.5) is 10.2 Å². The van der Waals surface area contributed by atoms with Crippen LogP contribution >= 0.6 is 8.86 Å². The minimum atomic E-state index is -0.509. The summed E-state index contributed by atoms with van der Waals surface area (Å²) >= 11 is 0. The largest absolute Gasteiger partial charge is 0.475 e. The van der Waals surface area contributed by atoms with E-state index in [0.717, 1.165) is 34.6 Å². The number of hydrogen-bond acceptors (Lipinski definition) is 5. The molecule has 0 bridgehead atoms. The number of ether oxygens (including phenoxy) is 1. The molecule has 2 aliphatic rings. The zero-order chi connectivity index (χ0) is 17.1. The van der Waals surface area contributed by atoms with Gasteiger partial charge in [0.25, 0.3) is 0 Å². The Balaban J connectivity index is 1.72. The van der Waals surface area contributed by atoms with Gasteiger partial charge >= 0.3 is 0 Å². The van der Waals surface area contributed by atoms with E-state index in [1.54, 1.807) is 6.20 Å². The summed E-state index contributed by atoms with van der Waals surface area (Å²) in [6.45, 7) is 2.93. The van der Waals surface area contributed by atoms with Crippen molar-refractivity contribution in [3.05, 3.63) is 46.6 Å². The summed E-state index contributed by atoms with van der Waals surface area (Å²) < 4.78 is 17.5. The molecule has 0 aliphatic carbocycles. The van der Waals surface area contributed by atoms with Crippen molar-refractivity contribution in [3.63, 3.8) is 0 Å². The predicted molar refractivity (Wildman–Crippen MR) is 95.6 cm³/mol. The average molecular weight is 349 g/mol. The maximum Gasteiger partial charge on any atom is 0.208 e. The van der Waals surface area contributed by atoms with E-state index in [0.29, 0.717) is 12.4 Å². The highest BCUT2D eigenvalue weighted by molar-refractivity contribution is 7.22. The number of nitrogens with one attached hydrogen (secondary N) is 3. The van der Waals surface area contributed by atoms with E-state index in [1.165, 1.54) is 5.56 Å². The topological polar surface area (TPSA) is 61.5 Å². The van der Waals surface area contributed by atoms with Gasteiger partial charge in [0.05, 0.1) is 0 Å². The zero-order valence-corrected chi connectivity index (χ0v) is 14.7. The number of hydrogen-bond donors (Lipinski definition) is 3. The smallest absolute Gasteiger partial charge is 0.208 e. The number of anilines is 1. The standard InChI is InChI=1S/C16H21FN5OP/c1-10-7-11(20-21-15(10)23-6-4-17)8-22-9-13-12(16(22)24)3-5-19-14(13)18-2/h3,5,7,20-21,24H,4,6,8-9H2,1-2H3,(H,18,19). The van der Waals surface area contributed by atoms with E-state index in [2.05, 4.69) is 34.9 Å². The molecule has 0 aromatic carbocycles. The van der Waals surface area contributed by atoms with Gasteiger partial charge in [-0.05, 0) is 19.1 Å². The lowest BCUT2D eigenvalue weighted by Gasteiger charge is -2.25. The quantitative estimate of drug-likeness (QED) is 0.681. The summed E-state index contributed by atoms with van der Waals surface area (Å²) in [6, 6.07) is 2.01. The van der Waals surface area contributed by atoms with Gasteiger partial charge in [-0.3, -0.25) is 10.3 Å². The van der Waals surface area contributed by atoms with Crippen molar-refractivity contribution in [3.8, 4) is 0 Å². The molecule has 3 heterocycles. The van der Waals surface area contributed by atoms with E-state index >= 15 is 0 Å². The number of nitrogens with zero attached hydrogens (tertiary/aromatic N) is 2. The summed E-state index contributed by atoms with van der Waals surface area (Å²) in [5.74, 6) is 1.46. The summed E-state index contributed by atoms with van der Waals surface area (Å²) in [6.07, 6.45) is 3.80. The van der Waals surface area contributed by atoms with Crippen molar-refractivity contribution in [2.75, 3.05) is 32.2 Å². The van der Waals surface area contributed by atoms with E-state index in [-0.39, 0.29) is 6.61 Å². The fraction of sp³-hybridized carbons (Fsp3) is 0.375. The molecule has 3 rings (SSSR count). The molecule has 0 saturated heterocycles. The molecule has 0 fully saturated rings. The van der Waals surface area contributed by atoms with Crippen molar-refractivity contribution in [2.24, 2.45) is 0 Å². The molecule has 0 amide bonds. The molecular weight excluding hydrogens is 328 g/mol. The first-order valence-corrected chi connectivity index (χ1v) is 8.25. The maximum atomic E-state index is 12.2. The van der Waals surface area contributed by atoms with Crippen LogP contribution in [0.5, 0.6) is 0 Å². The number of alkyl halides is 1. The molecule has 1 aromatic rings. The molecule has 0 radical (unpaired) electrons. The van der Waals surface area contributed by atoms with Gasteiger partial charge in [0.2, 0.25) is 5.88 Å². The lowest BCUT2D eigenvalue weighted by molar-refractivity contribution is 0.160. The van der Waals surface area contributed by atoms with Gasteiger partial charge in [-0.25, -0.2) is 9.37 Å². The highest BCUT2D eigenvalue weighted by Crippen LogP contribution is 2.29. The second-order valence-electron chi connectivity index (χ2n) is 5.61. The SMILES string of the molecule is CNc1nccc2c1CN(CC1=CC(C)=C(OCCF)NN1)C2=P.